The Hall–Kier alpha value is -2.13. The molecule has 0 saturated carbocycles. The van der Waals surface area contributed by atoms with Crippen LogP contribution < -0.4 is 5.32 Å². The summed E-state index contributed by atoms with van der Waals surface area (Å²) < 4.78 is 5.22. The third-order valence-electron chi connectivity index (χ3n) is 3.01. The molecule has 1 aromatic heterocycles. The Morgan fingerprint density at radius 1 is 1.58 bits per heavy atom. The van der Waals surface area contributed by atoms with Crippen LogP contribution in [0.2, 0.25) is 0 Å². The largest absolute Gasteiger partial charge is 0.378 e. The highest BCUT2D eigenvalue weighted by Gasteiger charge is 2.22. The number of amides is 1. The summed E-state index contributed by atoms with van der Waals surface area (Å²) in [5, 5.41) is 12.0. The summed E-state index contributed by atoms with van der Waals surface area (Å²) in [6.07, 6.45) is 3.11. The zero-order valence-corrected chi connectivity index (χ0v) is 10.8. The normalized spacial score (nSPS) is 16.5. The van der Waals surface area contributed by atoms with Crippen molar-refractivity contribution in [2.24, 2.45) is 0 Å². The Morgan fingerprint density at radius 3 is 3.00 bits per heavy atom. The van der Waals surface area contributed by atoms with E-state index >= 15 is 0 Å². The lowest BCUT2D eigenvalue weighted by Gasteiger charge is -2.29. The van der Waals surface area contributed by atoms with Gasteiger partial charge in [-0.15, -0.1) is 0 Å². The second-order valence-electron chi connectivity index (χ2n) is 4.34. The summed E-state index contributed by atoms with van der Waals surface area (Å²) >= 11 is 0. The van der Waals surface area contributed by atoms with Crippen molar-refractivity contribution in [1.82, 2.24) is 9.88 Å². The molecule has 1 unspecified atom stereocenters. The molecule has 1 aliphatic rings. The molecule has 6 heteroatoms. The highest BCUT2D eigenvalue weighted by atomic mass is 16.5. The molecule has 0 aliphatic carbocycles. The molecule has 0 spiro atoms. The molecule has 2 rings (SSSR count). The molecule has 0 radical (unpaired) electrons. The van der Waals surface area contributed by atoms with Crippen molar-refractivity contribution in [3.05, 3.63) is 24.0 Å². The van der Waals surface area contributed by atoms with Crippen molar-refractivity contribution < 1.29 is 9.53 Å². The molecule has 1 atom stereocenters. The van der Waals surface area contributed by atoms with Gasteiger partial charge in [0.2, 0.25) is 5.91 Å². The van der Waals surface area contributed by atoms with Crippen molar-refractivity contribution in [1.29, 1.82) is 5.26 Å². The second kappa shape index (κ2) is 6.16. The number of rotatable bonds is 3. The predicted octanol–water partition coefficient (Wildman–Crippen LogP) is 0.612. The first-order valence-corrected chi connectivity index (χ1v) is 6.19. The first-order chi connectivity index (χ1) is 9.22. The van der Waals surface area contributed by atoms with E-state index in [9.17, 15) is 4.79 Å². The molecular weight excluding hydrogens is 244 g/mol. The first kappa shape index (κ1) is 13.3. The fourth-order valence-electron chi connectivity index (χ4n) is 1.96. The maximum Gasteiger partial charge on any atom is 0.244 e. The number of carbonyl (C=O) groups is 1. The zero-order valence-electron chi connectivity index (χ0n) is 10.8. The molecule has 100 valence electrons. The number of nitriles is 1. The van der Waals surface area contributed by atoms with E-state index in [4.69, 9.17) is 10.00 Å². The number of pyridine rings is 1. The van der Waals surface area contributed by atoms with E-state index < -0.39 is 6.04 Å². The highest BCUT2D eigenvalue weighted by molar-refractivity contribution is 5.84. The van der Waals surface area contributed by atoms with Crippen LogP contribution in [-0.2, 0) is 9.53 Å². The lowest BCUT2D eigenvalue weighted by Crippen LogP contribution is -2.47. The summed E-state index contributed by atoms with van der Waals surface area (Å²) in [4.78, 5) is 17.9. The van der Waals surface area contributed by atoms with E-state index in [2.05, 4.69) is 16.4 Å². The summed E-state index contributed by atoms with van der Waals surface area (Å²) in [6, 6.07) is 3.30. The summed E-state index contributed by atoms with van der Waals surface area (Å²) in [7, 11) is 0. The first-order valence-electron chi connectivity index (χ1n) is 6.19. The Labute approximate surface area is 112 Å². The van der Waals surface area contributed by atoms with E-state index in [-0.39, 0.29) is 5.91 Å². The molecule has 19 heavy (non-hydrogen) atoms. The molecule has 0 aromatic carbocycles. The van der Waals surface area contributed by atoms with Crippen molar-refractivity contribution in [2.75, 3.05) is 31.6 Å². The quantitative estimate of drug-likeness (QED) is 0.861. The maximum atomic E-state index is 12.2. The van der Waals surface area contributed by atoms with Crippen molar-refractivity contribution in [3.63, 3.8) is 0 Å². The number of hydrogen-bond donors (Lipinski definition) is 1. The minimum Gasteiger partial charge on any atom is -0.378 e. The monoisotopic (exact) mass is 260 g/mol. The fourth-order valence-corrected chi connectivity index (χ4v) is 1.96. The Kier molecular flexibility index (Phi) is 4.31. The molecule has 1 saturated heterocycles. The molecule has 6 nitrogen and oxygen atoms in total. The van der Waals surface area contributed by atoms with E-state index in [1.54, 1.807) is 30.3 Å². The molecule has 1 aliphatic heterocycles. The minimum absolute atomic E-state index is 0.0102. The smallest absolute Gasteiger partial charge is 0.244 e. The number of aromatic nitrogens is 1. The van der Waals surface area contributed by atoms with Crippen LogP contribution in [0.1, 0.15) is 12.5 Å². The maximum absolute atomic E-state index is 12.2. The van der Waals surface area contributed by atoms with Crippen molar-refractivity contribution in [3.8, 4) is 6.07 Å². The van der Waals surface area contributed by atoms with E-state index in [0.29, 0.717) is 37.6 Å². The van der Waals surface area contributed by atoms with Gasteiger partial charge in [-0.25, -0.2) is 0 Å². The molecular formula is C13H16N4O2. The third-order valence-corrected chi connectivity index (χ3v) is 3.01. The SMILES string of the molecule is CC(Nc1cnccc1C#N)C(=O)N1CCOCC1. The van der Waals surface area contributed by atoms with Gasteiger partial charge in [-0.05, 0) is 13.0 Å². The average Bonchev–Trinajstić information content (AvgIpc) is 2.48. The van der Waals surface area contributed by atoms with Crippen LogP contribution in [0.5, 0.6) is 0 Å². The molecule has 0 bridgehead atoms. The number of nitrogens with one attached hydrogen (secondary N) is 1. The number of hydrogen-bond acceptors (Lipinski definition) is 5. The zero-order chi connectivity index (χ0) is 13.7. The van der Waals surface area contributed by atoms with Gasteiger partial charge in [-0.2, -0.15) is 5.26 Å². The van der Waals surface area contributed by atoms with E-state index in [1.807, 2.05) is 0 Å². The van der Waals surface area contributed by atoms with Gasteiger partial charge in [0.25, 0.3) is 0 Å². The number of carbonyl (C=O) groups excluding carboxylic acids is 1. The van der Waals surface area contributed by atoms with Crippen molar-refractivity contribution in [2.45, 2.75) is 13.0 Å². The molecule has 2 heterocycles. The predicted molar refractivity (Wildman–Crippen MR) is 69.4 cm³/mol. The number of nitrogens with zero attached hydrogens (tertiary/aromatic N) is 3. The summed E-state index contributed by atoms with van der Waals surface area (Å²) in [5.41, 5.74) is 1.07. The van der Waals surface area contributed by atoms with Crippen LogP contribution in [0.4, 0.5) is 5.69 Å². The Balaban J connectivity index is 2.02. The fraction of sp³-hybridized carbons (Fsp3) is 0.462. The van der Waals surface area contributed by atoms with E-state index in [1.165, 1.54) is 0 Å². The summed E-state index contributed by atoms with van der Waals surface area (Å²) in [6.45, 7) is 4.17. The average molecular weight is 260 g/mol. The van der Waals surface area contributed by atoms with Crippen LogP contribution in [0, 0.1) is 11.3 Å². The van der Waals surface area contributed by atoms with Gasteiger partial charge in [-0.1, -0.05) is 0 Å². The van der Waals surface area contributed by atoms with Gasteiger partial charge < -0.3 is 15.0 Å². The highest BCUT2D eigenvalue weighted by Crippen LogP contribution is 2.14. The van der Waals surface area contributed by atoms with Crippen LogP contribution in [-0.4, -0.2) is 48.1 Å². The third kappa shape index (κ3) is 3.20. The Morgan fingerprint density at radius 2 is 2.32 bits per heavy atom. The van der Waals surface area contributed by atoms with Gasteiger partial charge in [-0.3, -0.25) is 9.78 Å². The lowest BCUT2D eigenvalue weighted by molar-refractivity contribution is -0.135. The van der Waals surface area contributed by atoms with Gasteiger partial charge in [0.15, 0.2) is 0 Å². The number of anilines is 1. The van der Waals surface area contributed by atoms with Crippen LogP contribution in [0.25, 0.3) is 0 Å². The molecule has 1 N–H and O–H groups in total. The lowest BCUT2D eigenvalue weighted by atomic mass is 10.2. The van der Waals surface area contributed by atoms with Crippen molar-refractivity contribution >= 4 is 11.6 Å². The number of morpholine rings is 1. The standard InChI is InChI=1S/C13H16N4O2/c1-10(13(18)17-4-6-19-7-5-17)16-12-9-15-3-2-11(12)8-14/h2-3,9-10,16H,4-7H2,1H3. The van der Waals surface area contributed by atoms with Gasteiger partial charge in [0.1, 0.15) is 12.1 Å². The second-order valence-corrected chi connectivity index (χ2v) is 4.34. The Bertz CT molecular complexity index is 492. The molecule has 1 amide bonds. The topological polar surface area (TPSA) is 78.2 Å². The number of ether oxygens (including phenoxy) is 1. The van der Waals surface area contributed by atoms with Gasteiger partial charge in [0, 0.05) is 19.3 Å². The van der Waals surface area contributed by atoms with E-state index in [0.717, 1.165) is 0 Å². The summed E-state index contributed by atoms with van der Waals surface area (Å²) in [5.74, 6) is 0.0102. The van der Waals surface area contributed by atoms with Gasteiger partial charge >= 0.3 is 0 Å². The molecule has 1 fully saturated rings. The van der Waals surface area contributed by atoms with Crippen LogP contribution >= 0.6 is 0 Å². The van der Waals surface area contributed by atoms with Gasteiger partial charge in [0.05, 0.1) is 30.7 Å². The molecule has 1 aromatic rings. The van der Waals surface area contributed by atoms with Crippen LogP contribution in [0.15, 0.2) is 18.5 Å². The minimum atomic E-state index is -0.394. The van der Waals surface area contributed by atoms with Crippen LogP contribution in [0.3, 0.4) is 0 Å².